The highest BCUT2D eigenvalue weighted by molar-refractivity contribution is 7.13. The number of nitrogens with zero attached hydrogens (tertiary/aromatic N) is 4. The van der Waals surface area contributed by atoms with E-state index in [2.05, 4.69) is 9.97 Å². The Bertz CT molecular complexity index is 1780. The summed E-state index contributed by atoms with van der Waals surface area (Å²) in [6, 6.07) is 17.1. The Kier molecular flexibility index (Phi) is 7.26. The number of aromatic nitrogens is 4. The largest absolute Gasteiger partial charge is 0.494 e. The summed E-state index contributed by atoms with van der Waals surface area (Å²) in [6.07, 6.45) is 2.19. The van der Waals surface area contributed by atoms with E-state index >= 15 is 4.39 Å². The summed E-state index contributed by atoms with van der Waals surface area (Å²) in [4.78, 5) is 34.6. The Morgan fingerprint density at radius 1 is 1.03 bits per heavy atom. The normalized spacial score (nSPS) is 12.0. The molecular weight excluding hydrogens is 515 g/mol. The molecule has 0 aliphatic rings. The molecular formula is C30H27FN4O3S. The minimum atomic E-state index is -0.601. The van der Waals surface area contributed by atoms with Gasteiger partial charge in [0.2, 0.25) is 5.88 Å². The summed E-state index contributed by atoms with van der Waals surface area (Å²) in [5.74, 6) is -0.527. The van der Waals surface area contributed by atoms with Gasteiger partial charge in [0.15, 0.2) is 10.8 Å². The molecule has 0 bridgehead atoms. The van der Waals surface area contributed by atoms with Crippen LogP contribution in [0.1, 0.15) is 41.8 Å². The maximum atomic E-state index is 15.2. The van der Waals surface area contributed by atoms with Gasteiger partial charge in [-0.15, -0.1) is 11.3 Å². The minimum absolute atomic E-state index is 0.0376. The Labute approximate surface area is 228 Å². The van der Waals surface area contributed by atoms with Crippen molar-refractivity contribution in [2.75, 3.05) is 0 Å². The Hall–Kier alpha value is -4.37. The fourth-order valence-corrected chi connectivity index (χ4v) is 5.53. The van der Waals surface area contributed by atoms with Crippen molar-refractivity contribution < 1.29 is 9.50 Å². The predicted molar refractivity (Wildman–Crippen MR) is 151 cm³/mol. The van der Waals surface area contributed by atoms with Gasteiger partial charge in [-0.25, -0.2) is 9.37 Å². The van der Waals surface area contributed by atoms with E-state index in [1.165, 1.54) is 28.0 Å². The van der Waals surface area contributed by atoms with Crippen LogP contribution in [0.15, 0.2) is 81.8 Å². The van der Waals surface area contributed by atoms with Crippen molar-refractivity contribution in [2.45, 2.75) is 32.7 Å². The molecule has 3 heterocycles. The second-order valence-electron chi connectivity index (χ2n) is 9.37. The van der Waals surface area contributed by atoms with E-state index < -0.39 is 11.4 Å². The molecule has 2 aromatic carbocycles. The molecule has 39 heavy (non-hydrogen) atoms. The van der Waals surface area contributed by atoms with Gasteiger partial charge in [-0.2, -0.15) is 4.98 Å². The standard InChI is InChI=1S/C30H27FN4O3S/c1-4-25(20-9-6-5-7-10-20)35-26(28-32-18(2)17-39-28)33-27(36)23(30(35)38)15-19-12-13-21(24(31)16-19)22-11-8-14-34(3)29(22)37/h5-14,16-17,25,38H,4,15H2,1-3H3/t25-/m0/s1. The van der Waals surface area contributed by atoms with Gasteiger partial charge in [0.05, 0.1) is 17.2 Å². The van der Waals surface area contributed by atoms with Crippen molar-refractivity contribution in [1.29, 1.82) is 0 Å². The first-order valence-electron chi connectivity index (χ1n) is 12.5. The van der Waals surface area contributed by atoms with Crippen LogP contribution in [0.3, 0.4) is 0 Å². The molecule has 1 N–H and O–H groups in total. The lowest BCUT2D eigenvalue weighted by Gasteiger charge is -2.24. The van der Waals surface area contributed by atoms with E-state index in [9.17, 15) is 14.7 Å². The molecule has 5 aromatic rings. The fraction of sp³-hybridized carbons (Fsp3) is 0.200. The quantitative estimate of drug-likeness (QED) is 0.294. The topological polar surface area (TPSA) is 90.0 Å². The second-order valence-corrected chi connectivity index (χ2v) is 10.2. The van der Waals surface area contributed by atoms with Crippen LogP contribution < -0.4 is 11.1 Å². The summed E-state index contributed by atoms with van der Waals surface area (Å²) < 4.78 is 18.2. The average Bonchev–Trinajstić information content (AvgIpc) is 3.36. The third-order valence-corrected chi connectivity index (χ3v) is 7.67. The number of aryl methyl sites for hydroxylation is 2. The molecule has 0 saturated heterocycles. The highest BCUT2D eigenvalue weighted by Crippen LogP contribution is 2.34. The number of pyridine rings is 1. The van der Waals surface area contributed by atoms with Crippen LogP contribution in [0.4, 0.5) is 4.39 Å². The lowest BCUT2D eigenvalue weighted by Crippen LogP contribution is -2.24. The lowest BCUT2D eigenvalue weighted by molar-refractivity contribution is 0.382. The molecule has 0 radical (unpaired) electrons. The first kappa shape index (κ1) is 26.2. The zero-order chi connectivity index (χ0) is 27.7. The van der Waals surface area contributed by atoms with Crippen molar-refractivity contribution in [3.05, 3.63) is 121 Å². The SMILES string of the molecule is CC[C@@H](c1ccccc1)n1c(-c2nc(C)cs2)nc(=O)c(Cc2ccc(-c3cccn(C)c3=O)c(F)c2)c1O. The third-order valence-electron chi connectivity index (χ3n) is 6.71. The summed E-state index contributed by atoms with van der Waals surface area (Å²) in [7, 11) is 1.61. The molecule has 0 spiro atoms. The number of rotatable bonds is 7. The van der Waals surface area contributed by atoms with Gasteiger partial charge in [0.25, 0.3) is 11.1 Å². The monoisotopic (exact) mass is 542 g/mol. The fourth-order valence-electron chi connectivity index (χ4n) is 4.75. The van der Waals surface area contributed by atoms with Crippen molar-refractivity contribution in [3.8, 4) is 27.8 Å². The molecule has 0 saturated carbocycles. The van der Waals surface area contributed by atoms with E-state index in [1.807, 2.05) is 49.6 Å². The number of benzene rings is 2. The molecule has 0 aliphatic heterocycles. The van der Waals surface area contributed by atoms with Crippen LogP contribution in [0.25, 0.3) is 22.0 Å². The number of halogens is 1. The Balaban J connectivity index is 1.62. The zero-order valence-corrected chi connectivity index (χ0v) is 22.6. The molecule has 9 heteroatoms. The van der Waals surface area contributed by atoms with Gasteiger partial charge in [0, 0.05) is 36.3 Å². The van der Waals surface area contributed by atoms with Crippen molar-refractivity contribution in [2.24, 2.45) is 7.05 Å². The van der Waals surface area contributed by atoms with Crippen LogP contribution in [-0.4, -0.2) is 24.2 Å². The average molecular weight is 543 g/mol. The van der Waals surface area contributed by atoms with Crippen molar-refractivity contribution in [1.82, 2.24) is 19.1 Å². The first-order chi connectivity index (χ1) is 18.8. The van der Waals surface area contributed by atoms with Gasteiger partial charge in [-0.3, -0.25) is 14.2 Å². The Morgan fingerprint density at radius 3 is 2.46 bits per heavy atom. The maximum absolute atomic E-state index is 15.2. The number of thiazole rings is 1. The first-order valence-corrected chi connectivity index (χ1v) is 13.4. The van der Waals surface area contributed by atoms with Gasteiger partial charge in [-0.1, -0.05) is 49.4 Å². The second kappa shape index (κ2) is 10.8. The molecule has 5 rings (SSSR count). The van der Waals surface area contributed by atoms with Crippen molar-refractivity contribution in [3.63, 3.8) is 0 Å². The van der Waals surface area contributed by atoms with Gasteiger partial charge < -0.3 is 9.67 Å². The molecule has 3 aromatic heterocycles. The Morgan fingerprint density at radius 2 is 1.79 bits per heavy atom. The van der Waals surface area contributed by atoms with Crippen molar-refractivity contribution >= 4 is 11.3 Å². The zero-order valence-electron chi connectivity index (χ0n) is 21.8. The van der Waals surface area contributed by atoms with Crippen LogP contribution in [0.5, 0.6) is 5.88 Å². The molecule has 0 aliphatic carbocycles. The van der Waals surface area contributed by atoms with E-state index in [-0.39, 0.29) is 46.4 Å². The highest BCUT2D eigenvalue weighted by Gasteiger charge is 2.26. The van der Waals surface area contributed by atoms with Crippen LogP contribution >= 0.6 is 11.3 Å². The maximum Gasteiger partial charge on any atom is 0.280 e. The van der Waals surface area contributed by atoms with E-state index in [0.29, 0.717) is 17.0 Å². The van der Waals surface area contributed by atoms with E-state index in [1.54, 1.807) is 36.0 Å². The summed E-state index contributed by atoms with van der Waals surface area (Å²) in [6.45, 7) is 3.85. The van der Waals surface area contributed by atoms with Crippen LogP contribution in [0, 0.1) is 12.7 Å². The molecule has 0 amide bonds. The van der Waals surface area contributed by atoms with E-state index in [4.69, 9.17) is 0 Å². The highest BCUT2D eigenvalue weighted by atomic mass is 32.1. The predicted octanol–water partition coefficient (Wildman–Crippen LogP) is 5.48. The van der Waals surface area contributed by atoms with Gasteiger partial charge >= 0.3 is 0 Å². The molecule has 0 fully saturated rings. The number of hydrogen-bond acceptors (Lipinski definition) is 6. The third kappa shape index (κ3) is 5.05. The van der Waals surface area contributed by atoms with Crippen LogP contribution in [0.2, 0.25) is 0 Å². The molecule has 1 atom stereocenters. The van der Waals surface area contributed by atoms with Gasteiger partial charge in [-0.05, 0) is 42.7 Å². The molecule has 198 valence electrons. The lowest BCUT2D eigenvalue weighted by atomic mass is 10.00. The smallest absolute Gasteiger partial charge is 0.280 e. The number of hydrogen-bond donors (Lipinski definition) is 1. The summed E-state index contributed by atoms with van der Waals surface area (Å²) in [5, 5.41) is 14.0. The van der Waals surface area contributed by atoms with Crippen LogP contribution in [-0.2, 0) is 13.5 Å². The molecule has 0 unspecified atom stereocenters. The van der Waals surface area contributed by atoms with E-state index in [0.717, 1.165) is 11.3 Å². The molecule has 7 nitrogen and oxygen atoms in total. The van der Waals surface area contributed by atoms with Gasteiger partial charge in [0.1, 0.15) is 5.82 Å². The minimum Gasteiger partial charge on any atom is -0.494 e. The summed E-state index contributed by atoms with van der Waals surface area (Å²) >= 11 is 1.35. The summed E-state index contributed by atoms with van der Waals surface area (Å²) in [5.41, 5.74) is 1.76. The number of aromatic hydroxyl groups is 1.